The molecule has 1 aliphatic heterocycles. The van der Waals surface area contributed by atoms with Crippen LogP contribution < -0.4 is 10.2 Å². The molecule has 1 unspecified atom stereocenters. The Morgan fingerprint density at radius 3 is 2.88 bits per heavy atom. The number of carboxylic acids is 1. The van der Waals surface area contributed by atoms with Gasteiger partial charge in [-0.3, -0.25) is 14.3 Å². The van der Waals surface area contributed by atoms with E-state index >= 15 is 0 Å². The number of aromatic nitrogens is 2. The lowest BCUT2D eigenvalue weighted by Crippen LogP contribution is -2.42. The van der Waals surface area contributed by atoms with Gasteiger partial charge in [-0.05, 0) is 24.1 Å². The molecule has 1 aliphatic rings. The summed E-state index contributed by atoms with van der Waals surface area (Å²) in [5, 5.41) is 15.8. The molecule has 1 saturated heterocycles. The first-order valence-electron chi connectivity index (χ1n) is 7.85. The molecule has 0 aliphatic carbocycles. The van der Waals surface area contributed by atoms with Crippen LogP contribution in [0.1, 0.15) is 22.3 Å². The minimum atomic E-state index is -1.04. The maximum atomic E-state index is 12.4. The summed E-state index contributed by atoms with van der Waals surface area (Å²) in [7, 11) is 1.77. The van der Waals surface area contributed by atoms with Crippen LogP contribution >= 0.6 is 0 Å². The van der Waals surface area contributed by atoms with Gasteiger partial charge >= 0.3 is 5.97 Å². The van der Waals surface area contributed by atoms with Crippen LogP contribution in [0, 0.1) is 0 Å². The molecule has 8 nitrogen and oxygen atoms in total. The molecule has 1 fully saturated rings. The predicted octanol–water partition coefficient (Wildman–Crippen LogP) is 0.582. The smallest absolute Gasteiger partial charge is 0.335 e. The summed E-state index contributed by atoms with van der Waals surface area (Å²) < 4.78 is 1.62. The van der Waals surface area contributed by atoms with Gasteiger partial charge in [-0.25, -0.2) is 4.79 Å². The zero-order chi connectivity index (χ0) is 18.0. The molecule has 2 aromatic rings. The van der Waals surface area contributed by atoms with Gasteiger partial charge in [0.2, 0.25) is 11.8 Å². The third-order valence-corrected chi connectivity index (χ3v) is 4.08. The van der Waals surface area contributed by atoms with Gasteiger partial charge in [0.05, 0.1) is 23.9 Å². The minimum absolute atomic E-state index is 0.0256. The zero-order valence-electron chi connectivity index (χ0n) is 13.7. The van der Waals surface area contributed by atoms with Crippen molar-refractivity contribution in [3.63, 3.8) is 0 Å². The summed E-state index contributed by atoms with van der Waals surface area (Å²) in [5.41, 5.74) is 1.43. The number of aromatic carboxylic acids is 1. The van der Waals surface area contributed by atoms with Crippen LogP contribution in [0.2, 0.25) is 0 Å². The first-order valence-corrected chi connectivity index (χ1v) is 7.85. The number of hydrogen-bond donors (Lipinski definition) is 2. The third-order valence-electron chi connectivity index (χ3n) is 4.08. The SMILES string of the molecule is Cn1cc(N2CCC(NC(=O)Cc3cccc(C(=O)O)c3)C2=O)cn1. The summed E-state index contributed by atoms with van der Waals surface area (Å²) in [6.45, 7) is 0.518. The Bertz CT molecular complexity index is 830. The van der Waals surface area contributed by atoms with Crippen molar-refractivity contribution in [3.05, 3.63) is 47.8 Å². The number of carboxylic acid groups (broad SMARTS) is 1. The number of carbonyl (C=O) groups excluding carboxylic acids is 2. The second-order valence-corrected chi connectivity index (χ2v) is 5.95. The fourth-order valence-electron chi connectivity index (χ4n) is 2.86. The van der Waals surface area contributed by atoms with E-state index in [2.05, 4.69) is 10.4 Å². The first-order chi connectivity index (χ1) is 11.9. The third kappa shape index (κ3) is 3.68. The van der Waals surface area contributed by atoms with Crippen LogP contribution in [0.3, 0.4) is 0 Å². The molecule has 1 atom stereocenters. The summed E-state index contributed by atoms with van der Waals surface area (Å²) in [6.07, 6.45) is 3.91. The van der Waals surface area contributed by atoms with Gasteiger partial charge in [0.15, 0.2) is 0 Å². The Morgan fingerprint density at radius 1 is 1.40 bits per heavy atom. The molecule has 3 rings (SSSR count). The Labute approximate surface area is 144 Å². The second kappa shape index (κ2) is 6.76. The molecule has 25 heavy (non-hydrogen) atoms. The Hall–Kier alpha value is -3.16. The standard InChI is InChI=1S/C17H18N4O4/c1-20-10-13(9-18-20)21-6-5-14(16(21)23)19-15(22)8-11-3-2-4-12(7-11)17(24)25/h2-4,7,9-10,14H,5-6,8H2,1H3,(H,19,22)(H,24,25). The van der Waals surface area contributed by atoms with Crippen molar-refractivity contribution >= 4 is 23.5 Å². The van der Waals surface area contributed by atoms with Gasteiger partial charge < -0.3 is 15.3 Å². The number of rotatable bonds is 5. The van der Waals surface area contributed by atoms with Crippen LogP contribution in [0.5, 0.6) is 0 Å². The maximum absolute atomic E-state index is 12.4. The monoisotopic (exact) mass is 342 g/mol. The van der Waals surface area contributed by atoms with Crippen molar-refractivity contribution in [1.82, 2.24) is 15.1 Å². The lowest BCUT2D eigenvalue weighted by molar-refractivity contribution is -0.126. The van der Waals surface area contributed by atoms with Gasteiger partial charge in [0.25, 0.3) is 0 Å². The Kier molecular flexibility index (Phi) is 4.51. The van der Waals surface area contributed by atoms with Crippen molar-refractivity contribution in [1.29, 1.82) is 0 Å². The average Bonchev–Trinajstić information content (AvgIpc) is 3.14. The van der Waals surface area contributed by atoms with E-state index < -0.39 is 12.0 Å². The molecule has 0 radical (unpaired) electrons. The summed E-state index contributed by atoms with van der Waals surface area (Å²) in [5.74, 6) is -1.52. The van der Waals surface area contributed by atoms with E-state index in [0.29, 0.717) is 24.2 Å². The normalized spacial score (nSPS) is 16.9. The number of benzene rings is 1. The quantitative estimate of drug-likeness (QED) is 0.827. The summed E-state index contributed by atoms with van der Waals surface area (Å²) >= 11 is 0. The predicted molar refractivity (Wildman–Crippen MR) is 89.2 cm³/mol. The van der Waals surface area contributed by atoms with Crippen molar-refractivity contribution in [2.45, 2.75) is 18.9 Å². The van der Waals surface area contributed by atoms with E-state index in [4.69, 9.17) is 5.11 Å². The first kappa shape index (κ1) is 16.7. The average molecular weight is 342 g/mol. The minimum Gasteiger partial charge on any atom is -0.478 e. The van der Waals surface area contributed by atoms with Gasteiger partial charge in [0.1, 0.15) is 6.04 Å². The molecule has 2 amide bonds. The van der Waals surface area contributed by atoms with Gasteiger partial charge in [0, 0.05) is 19.8 Å². The molecule has 1 aromatic heterocycles. The molecule has 0 saturated carbocycles. The van der Waals surface area contributed by atoms with Crippen LogP contribution in [0.25, 0.3) is 0 Å². The highest BCUT2D eigenvalue weighted by Crippen LogP contribution is 2.20. The summed E-state index contributed by atoms with van der Waals surface area (Å²) in [6, 6.07) is 5.63. The molecule has 0 spiro atoms. The molecule has 2 heterocycles. The molecule has 1 aromatic carbocycles. The van der Waals surface area contributed by atoms with Crippen LogP contribution in [0.4, 0.5) is 5.69 Å². The largest absolute Gasteiger partial charge is 0.478 e. The fraction of sp³-hybridized carbons (Fsp3) is 0.294. The molecular formula is C17H18N4O4. The van der Waals surface area contributed by atoms with Crippen LogP contribution in [-0.2, 0) is 23.1 Å². The van der Waals surface area contributed by atoms with E-state index in [1.54, 1.807) is 41.2 Å². The van der Waals surface area contributed by atoms with Crippen molar-refractivity contribution in [2.75, 3.05) is 11.4 Å². The van der Waals surface area contributed by atoms with Gasteiger partial charge in [-0.15, -0.1) is 0 Å². The highest BCUT2D eigenvalue weighted by atomic mass is 16.4. The second-order valence-electron chi connectivity index (χ2n) is 5.95. The maximum Gasteiger partial charge on any atom is 0.335 e. The number of hydrogen-bond acceptors (Lipinski definition) is 4. The number of carbonyl (C=O) groups is 3. The molecule has 8 heteroatoms. The Balaban J connectivity index is 1.61. The van der Waals surface area contributed by atoms with Gasteiger partial charge in [-0.1, -0.05) is 12.1 Å². The number of aryl methyl sites for hydroxylation is 1. The van der Waals surface area contributed by atoms with E-state index in [-0.39, 0.29) is 23.8 Å². The highest BCUT2D eigenvalue weighted by molar-refractivity contribution is 6.01. The van der Waals surface area contributed by atoms with Crippen molar-refractivity contribution < 1.29 is 19.5 Å². The number of nitrogens with one attached hydrogen (secondary N) is 1. The highest BCUT2D eigenvalue weighted by Gasteiger charge is 2.34. The number of anilines is 1. The molecule has 130 valence electrons. The van der Waals surface area contributed by atoms with E-state index in [0.717, 1.165) is 0 Å². The number of amides is 2. The van der Waals surface area contributed by atoms with E-state index in [1.807, 2.05) is 0 Å². The molecule has 0 bridgehead atoms. The Morgan fingerprint density at radius 2 is 2.20 bits per heavy atom. The molecule has 2 N–H and O–H groups in total. The van der Waals surface area contributed by atoms with Crippen LogP contribution in [-0.4, -0.2) is 45.3 Å². The lowest BCUT2D eigenvalue weighted by Gasteiger charge is -2.15. The van der Waals surface area contributed by atoms with Crippen molar-refractivity contribution in [3.8, 4) is 0 Å². The lowest BCUT2D eigenvalue weighted by atomic mass is 10.1. The van der Waals surface area contributed by atoms with Crippen molar-refractivity contribution in [2.24, 2.45) is 7.05 Å². The zero-order valence-corrected chi connectivity index (χ0v) is 13.7. The van der Waals surface area contributed by atoms with Gasteiger partial charge in [-0.2, -0.15) is 5.10 Å². The van der Waals surface area contributed by atoms with E-state index in [9.17, 15) is 14.4 Å². The number of nitrogens with zero attached hydrogens (tertiary/aromatic N) is 3. The topological polar surface area (TPSA) is 105 Å². The summed E-state index contributed by atoms with van der Waals surface area (Å²) in [4.78, 5) is 37.2. The van der Waals surface area contributed by atoms with E-state index in [1.165, 1.54) is 12.1 Å². The molecular weight excluding hydrogens is 324 g/mol. The fourth-order valence-corrected chi connectivity index (χ4v) is 2.86. The van der Waals surface area contributed by atoms with Crippen LogP contribution in [0.15, 0.2) is 36.7 Å².